The Kier molecular flexibility index (Phi) is 4.24. The molecule has 0 spiro atoms. The van der Waals surface area contributed by atoms with Crippen LogP contribution in [0.3, 0.4) is 0 Å². The van der Waals surface area contributed by atoms with E-state index in [1.54, 1.807) is 12.1 Å². The van der Waals surface area contributed by atoms with Crippen LogP contribution in [0.1, 0.15) is 44.1 Å². The lowest BCUT2D eigenvalue weighted by molar-refractivity contribution is -0.144. The molecule has 1 aromatic carbocycles. The first-order valence-electron chi connectivity index (χ1n) is 6.65. The summed E-state index contributed by atoms with van der Waals surface area (Å²) in [7, 11) is 0. The summed E-state index contributed by atoms with van der Waals surface area (Å²) in [4.78, 5) is 11.7. The Labute approximate surface area is 108 Å². The van der Waals surface area contributed by atoms with Gasteiger partial charge in [-0.15, -0.1) is 0 Å². The van der Waals surface area contributed by atoms with Crippen LogP contribution < -0.4 is 0 Å². The largest absolute Gasteiger partial charge is 0.508 e. The molecule has 98 valence electrons. The first kappa shape index (κ1) is 12.9. The van der Waals surface area contributed by atoms with Gasteiger partial charge in [-0.25, -0.2) is 0 Å². The molecule has 1 aliphatic rings. The molecule has 0 radical (unpaired) electrons. The lowest BCUT2D eigenvalue weighted by Crippen LogP contribution is -2.23. The summed E-state index contributed by atoms with van der Waals surface area (Å²) >= 11 is 0. The molecule has 3 heteroatoms. The standard InChI is InChI=1S/C15H20O3/c1-2-18-15(17)10-14(11-5-3-6-11)12-7-4-8-13(16)9-12/h4,7-9,11,14,16H,2-3,5-6,10H2,1H3/t14-/m1/s1. The summed E-state index contributed by atoms with van der Waals surface area (Å²) in [5.41, 5.74) is 1.05. The number of carbonyl (C=O) groups excluding carboxylic acids is 1. The maximum atomic E-state index is 11.7. The second kappa shape index (κ2) is 5.89. The van der Waals surface area contributed by atoms with Crippen LogP contribution in [0.5, 0.6) is 5.75 Å². The summed E-state index contributed by atoms with van der Waals surface area (Å²) < 4.78 is 5.04. The van der Waals surface area contributed by atoms with Gasteiger partial charge in [-0.05, 0) is 49.3 Å². The van der Waals surface area contributed by atoms with Gasteiger partial charge in [0.2, 0.25) is 0 Å². The van der Waals surface area contributed by atoms with Crippen LogP contribution in [0.4, 0.5) is 0 Å². The third-order valence-electron chi connectivity index (χ3n) is 3.71. The lowest BCUT2D eigenvalue weighted by atomic mass is 9.71. The van der Waals surface area contributed by atoms with Crippen molar-refractivity contribution in [2.45, 2.75) is 38.5 Å². The molecule has 0 bridgehead atoms. The third kappa shape index (κ3) is 3.03. The van der Waals surface area contributed by atoms with Crippen molar-refractivity contribution in [3.05, 3.63) is 29.8 Å². The smallest absolute Gasteiger partial charge is 0.306 e. The van der Waals surface area contributed by atoms with E-state index in [1.165, 1.54) is 19.3 Å². The normalized spacial score (nSPS) is 16.9. The average Bonchev–Trinajstić information content (AvgIpc) is 2.26. The number of ether oxygens (including phenoxy) is 1. The molecular formula is C15H20O3. The Morgan fingerprint density at radius 2 is 2.28 bits per heavy atom. The molecule has 0 heterocycles. The first-order chi connectivity index (χ1) is 8.70. The van der Waals surface area contributed by atoms with Gasteiger partial charge in [0.1, 0.15) is 5.75 Å². The average molecular weight is 248 g/mol. The predicted octanol–water partition coefficient (Wildman–Crippen LogP) is 3.23. The lowest BCUT2D eigenvalue weighted by Gasteiger charge is -2.33. The van der Waals surface area contributed by atoms with Crippen LogP contribution in [-0.2, 0) is 9.53 Å². The fourth-order valence-electron chi connectivity index (χ4n) is 2.55. The zero-order chi connectivity index (χ0) is 13.0. The van der Waals surface area contributed by atoms with E-state index in [0.717, 1.165) is 5.56 Å². The van der Waals surface area contributed by atoms with Gasteiger partial charge in [0.15, 0.2) is 0 Å². The molecule has 2 rings (SSSR count). The summed E-state index contributed by atoms with van der Waals surface area (Å²) in [5, 5.41) is 9.56. The van der Waals surface area contributed by atoms with E-state index in [9.17, 15) is 9.90 Å². The van der Waals surface area contributed by atoms with Crippen molar-refractivity contribution in [2.24, 2.45) is 5.92 Å². The molecule has 0 amide bonds. The minimum Gasteiger partial charge on any atom is -0.508 e. The minimum absolute atomic E-state index is 0.141. The second-order valence-corrected chi connectivity index (χ2v) is 4.90. The van der Waals surface area contributed by atoms with Crippen molar-refractivity contribution in [1.29, 1.82) is 0 Å². The van der Waals surface area contributed by atoms with E-state index in [4.69, 9.17) is 4.74 Å². The molecule has 1 atom stereocenters. The van der Waals surface area contributed by atoms with E-state index < -0.39 is 0 Å². The molecule has 0 aliphatic heterocycles. The van der Waals surface area contributed by atoms with E-state index in [1.807, 2.05) is 19.1 Å². The first-order valence-corrected chi connectivity index (χ1v) is 6.65. The summed E-state index contributed by atoms with van der Waals surface area (Å²) in [6.45, 7) is 2.25. The SMILES string of the molecule is CCOC(=O)C[C@@H](c1cccc(O)c1)C1CCC1. The minimum atomic E-state index is -0.141. The number of phenolic OH excluding ortho intramolecular Hbond substituents is 1. The maximum absolute atomic E-state index is 11.7. The van der Waals surface area contributed by atoms with Gasteiger partial charge in [0.25, 0.3) is 0 Å². The van der Waals surface area contributed by atoms with Gasteiger partial charge in [0.05, 0.1) is 13.0 Å². The molecule has 1 N–H and O–H groups in total. The van der Waals surface area contributed by atoms with Crippen molar-refractivity contribution in [2.75, 3.05) is 6.61 Å². The highest BCUT2D eigenvalue weighted by molar-refractivity contribution is 5.70. The van der Waals surface area contributed by atoms with E-state index in [2.05, 4.69) is 0 Å². The molecule has 0 unspecified atom stereocenters. The van der Waals surface area contributed by atoms with Gasteiger partial charge in [-0.2, -0.15) is 0 Å². The molecule has 1 fully saturated rings. The number of aromatic hydroxyl groups is 1. The van der Waals surface area contributed by atoms with Crippen LogP contribution in [0.15, 0.2) is 24.3 Å². The summed E-state index contributed by atoms with van der Waals surface area (Å²) in [6.07, 6.45) is 3.99. The molecule has 0 aromatic heterocycles. The van der Waals surface area contributed by atoms with Gasteiger partial charge in [-0.1, -0.05) is 18.6 Å². The predicted molar refractivity (Wildman–Crippen MR) is 69.4 cm³/mol. The van der Waals surface area contributed by atoms with Gasteiger partial charge < -0.3 is 9.84 Å². The molecule has 1 saturated carbocycles. The van der Waals surface area contributed by atoms with Crippen LogP contribution in [-0.4, -0.2) is 17.7 Å². The topological polar surface area (TPSA) is 46.5 Å². The maximum Gasteiger partial charge on any atom is 0.306 e. The van der Waals surface area contributed by atoms with Crippen molar-refractivity contribution in [1.82, 2.24) is 0 Å². The van der Waals surface area contributed by atoms with Gasteiger partial charge in [-0.3, -0.25) is 4.79 Å². The van der Waals surface area contributed by atoms with Crippen molar-refractivity contribution in [3.63, 3.8) is 0 Å². The van der Waals surface area contributed by atoms with Crippen molar-refractivity contribution in [3.8, 4) is 5.75 Å². The Hall–Kier alpha value is -1.51. The molecule has 18 heavy (non-hydrogen) atoms. The molecular weight excluding hydrogens is 228 g/mol. The third-order valence-corrected chi connectivity index (χ3v) is 3.71. The number of hydrogen-bond acceptors (Lipinski definition) is 3. The summed E-state index contributed by atoms with van der Waals surface area (Å²) in [5.74, 6) is 0.861. The van der Waals surface area contributed by atoms with Crippen LogP contribution >= 0.6 is 0 Å². The number of rotatable bonds is 5. The fraction of sp³-hybridized carbons (Fsp3) is 0.533. The van der Waals surface area contributed by atoms with E-state index in [-0.39, 0.29) is 17.6 Å². The van der Waals surface area contributed by atoms with Gasteiger partial charge >= 0.3 is 5.97 Å². The fourth-order valence-corrected chi connectivity index (χ4v) is 2.55. The van der Waals surface area contributed by atoms with Crippen LogP contribution in [0.25, 0.3) is 0 Å². The van der Waals surface area contributed by atoms with Crippen LogP contribution in [0.2, 0.25) is 0 Å². The van der Waals surface area contributed by atoms with E-state index in [0.29, 0.717) is 18.9 Å². The number of benzene rings is 1. The Morgan fingerprint density at radius 1 is 1.50 bits per heavy atom. The second-order valence-electron chi connectivity index (χ2n) is 4.90. The summed E-state index contributed by atoms with van der Waals surface area (Å²) in [6, 6.07) is 7.25. The number of phenols is 1. The molecule has 3 nitrogen and oxygen atoms in total. The zero-order valence-electron chi connectivity index (χ0n) is 10.8. The van der Waals surface area contributed by atoms with Crippen LogP contribution in [0, 0.1) is 5.92 Å². The number of carbonyl (C=O) groups is 1. The molecule has 0 saturated heterocycles. The Balaban J connectivity index is 2.11. The molecule has 1 aliphatic carbocycles. The monoisotopic (exact) mass is 248 g/mol. The van der Waals surface area contributed by atoms with E-state index >= 15 is 0 Å². The highest BCUT2D eigenvalue weighted by Crippen LogP contribution is 2.42. The van der Waals surface area contributed by atoms with Crippen molar-refractivity contribution < 1.29 is 14.6 Å². The highest BCUT2D eigenvalue weighted by atomic mass is 16.5. The van der Waals surface area contributed by atoms with Gasteiger partial charge in [0, 0.05) is 0 Å². The molecule has 1 aromatic rings. The highest BCUT2D eigenvalue weighted by Gasteiger charge is 2.30. The Bertz CT molecular complexity index is 410. The number of esters is 1. The Morgan fingerprint density at radius 3 is 2.83 bits per heavy atom. The van der Waals surface area contributed by atoms with Crippen molar-refractivity contribution >= 4 is 5.97 Å². The quantitative estimate of drug-likeness (QED) is 0.814. The zero-order valence-corrected chi connectivity index (χ0v) is 10.8. The number of hydrogen-bond donors (Lipinski definition) is 1.